The minimum Gasteiger partial charge on any atom is -0.346 e. The van der Waals surface area contributed by atoms with Gasteiger partial charge in [-0.2, -0.15) is 0 Å². The van der Waals surface area contributed by atoms with Crippen molar-refractivity contribution < 1.29 is 0 Å². The molecule has 1 aromatic carbocycles. The molecule has 32 heavy (non-hydrogen) atoms. The molecule has 3 N–H and O–H groups in total. The van der Waals surface area contributed by atoms with Gasteiger partial charge < -0.3 is 10.2 Å². The first-order valence-corrected chi connectivity index (χ1v) is 11.0. The predicted molar refractivity (Wildman–Crippen MR) is 133 cm³/mol. The maximum atomic E-state index is 12.5. The molecule has 0 bridgehead atoms. The minimum absolute atomic E-state index is 0.131. The van der Waals surface area contributed by atoms with Crippen LogP contribution in [0, 0.1) is 0 Å². The molecule has 0 spiro atoms. The Hall–Kier alpha value is -3.28. The fourth-order valence-corrected chi connectivity index (χ4v) is 3.62. The predicted octanol–water partition coefficient (Wildman–Crippen LogP) is 4.98. The lowest BCUT2D eigenvalue weighted by molar-refractivity contribution is 0.590. The van der Waals surface area contributed by atoms with Crippen LogP contribution in [0.3, 0.4) is 0 Å². The van der Waals surface area contributed by atoms with Crippen molar-refractivity contribution in [2.75, 3.05) is 16.8 Å². The summed E-state index contributed by atoms with van der Waals surface area (Å²) in [6.07, 6.45) is 3.72. The Kier molecular flexibility index (Phi) is 6.63. The van der Waals surface area contributed by atoms with E-state index >= 15 is 0 Å². The molecule has 1 aromatic heterocycles. The smallest absolute Gasteiger partial charge is 0.327 e. The molecule has 1 aliphatic heterocycles. The van der Waals surface area contributed by atoms with E-state index in [0.29, 0.717) is 18.1 Å². The van der Waals surface area contributed by atoms with E-state index in [-0.39, 0.29) is 5.41 Å². The number of anilines is 2. The number of rotatable bonds is 5. The van der Waals surface area contributed by atoms with Crippen LogP contribution in [-0.4, -0.2) is 16.5 Å². The van der Waals surface area contributed by atoms with Gasteiger partial charge >= 0.3 is 5.69 Å². The van der Waals surface area contributed by atoms with Crippen molar-refractivity contribution in [3.63, 3.8) is 0 Å². The molecule has 0 saturated heterocycles. The third kappa shape index (κ3) is 5.13. The van der Waals surface area contributed by atoms with Crippen LogP contribution in [0.5, 0.6) is 0 Å². The van der Waals surface area contributed by atoms with Crippen LogP contribution in [-0.2, 0) is 11.8 Å². The van der Waals surface area contributed by atoms with E-state index in [1.165, 1.54) is 16.7 Å². The van der Waals surface area contributed by atoms with Crippen molar-refractivity contribution in [1.82, 2.24) is 9.97 Å². The summed E-state index contributed by atoms with van der Waals surface area (Å²) in [5.41, 5.74) is 5.81. The van der Waals surface area contributed by atoms with Gasteiger partial charge in [-0.05, 0) is 56.2 Å². The highest BCUT2D eigenvalue weighted by atomic mass is 16.2. The topological polar surface area (TPSA) is 81.0 Å². The number of benzene rings is 1. The Morgan fingerprint density at radius 3 is 2.31 bits per heavy atom. The molecule has 0 unspecified atom stereocenters. The van der Waals surface area contributed by atoms with E-state index in [2.05, 4.69) is 66.9 Å². The lowest BCUT2D eigenvalue weighted by Crippen LogP contribution is -2.38. The standard InChI is InChI=1S/C26H34N4O2/c1-16(2)17(3)15-21-18(4)30(23-22(27-21)24(31)29-25(32)28-23)14-8-9-19-10-12-20(13-11-19)26(5,6)7/h10-13,15,27H,4,8-9,14H2,1-3,5-7H3,(H2,28,29,31,32)/b21-15+. The summed E-state index contributed by atoms with van der Waals surface area (Å²) in [5.74, 6) is 0.457. The number of H-pyrrole nitrogens is 2. The van der Waals surface area contributed by atoms with Crippen LogP contribution in [0.1, 0.15) is 59.1 Å². The summed E-state index contributed by atoms with van der Waals surface area (Å²) in [7, 11) is 0. The zero-order chi connectivity index (χ0) is 23.6. The van der Waals surface area contributed by atoms with Crippen molar-refractivity contribution in [3.8, 4) is 0 Å². The molecule has 6 heteroatoms. The molecule has 1 aliphatic rings. The highest BCUT2D eigenvalue weighted by molar-refractivity contribution is 5.76. The van der Waals surface area contributed by atoms with Crippen molar-refractivity contribution in [1.29, 1.82) is 0 Å². The molecule has 0 fully saturated rings. The maximum Gasteiger partial charge on any atom is 0.327 e. The minimum atomic E-state index is -0.529. The second kappa shape index (κ2) is 9.07. The van der Waals surface area contributed by atoms with E-state index in [9.17, 15) is 9.59 Å². The van der Waals surface area contributed by atoms with Gasteiger partial charge in [0.25, 0.3) is 5.56 Å². The monoisotopic (exact) mass is 434 g/mol. The van der Waals surface area contributed by atoms with Crippen LogP contribution in [0.15, 0.2) is 69.0 Å². The van der Waals surface area contributed by atoms with E-state index in [0.717, 1.165) is 29.8 Å². The summed E-state index contributed by atoms with van der Waals surface area (Å²) in [6, 6.07) is 8.73. The van der Waals surface area contributed by atoms with Crippen LogP contribution in [0.25, 0.3) is 0 Å². The molecule has 0 saturated carbocycles. The Labute approximate surface area is 189 Å². The average molecular weight is 435 g/mol. The molecule has 2 heterocycles. The van der Waals surface area contributed by atoms with Gasteiger partial charge in [0.15, 0.2) is 0 Å². The molecular formula is C26H34N4O2. The highest BCUT2D eigenvalue weighted by Gasteiger charge is 2.26. The Morgan fingerprint density at radius 2 is 1.72 bits per heavy atom. The lowest BCUT2D eigenvalue weighted by Gasteiger charge is -2.34. The van der Waals surface area contributed by atoms with E-state index in [4.69, 9.17) is 0 Å². The summed E-state index contributed by atoms with van der Waals surface area (Å²) in [6.45, 7) is 17.6. The highest BCUT2D eigenvalue weighted by Crippen LogP contribution is 2.33. The zero-order valence-corrected chi connectivity index (χ0v) is 20.0. The quantitative estimate of drug-likeness (QED) is 0.620. The first-order valence-electron chi connectivity index (χ1n) is 11.0. The van der Waals surface area contributed by atoms with E-state index < -0.39 is 11.2 Å². The molecule has 0 atom stereocenters. The molecule has 0 radical (unpaired) electrons. The van der Waals surface area contributed by atoms with Crippen LogP contribution in [0.4, 0.5) is 11.5 Å². The van der Waals surface area contributed by atoms with Gasteiger partial charge in [0.05, 0.1) is 11.4 Å². The summed E-state index contributed by atoms with van der Waals surface area (Å²) < 4.78 is 0. The fraction of sp³-hybridized carbons (Fsp3) is 0.385. The van der Waals surface area contributed by atoms with Crippen LogP contribution < -0.4 is 21.5 Å². The second-order valence-corrected chi connectivity index (χ2v) is 9.65. The number of aromatic nitrogens is 2. The van der Waals surface area contributed by atoms with Crippen molar-refractivity contribution in [3.05, 3.63) is 91.4 Å². The first-order chi connectivity index (χ1) is 15.0. The number of aromatic amines is 2. The van der Waals surface area contributed by atoms with E-state index in [1.807, 2.05) is 31.7 Å². The normalized spacial score (nSPS) is 14.9. The number of nitrogens with zero attached hydrogens (tertiary/aromatic N) is 1. The molecule has 6 nitrogen and oxygen atoms in total. The number of fused-ring (bicyclic) bond motifs is 1. The number of nitrogens with one attached hydrogen (secondary N) is 3. The molecular weight excluding hydrogens is 400 g/mol. The van der Waals surface area contributed by atoms with Crippen molar-refractivity contribution in [2.45, 2.75) is 59.8 Å². The van der Waals surface area contributed by atoms with Gasteiger partial charge in [-0.1, -0.05) is 62.8 Å². The van der Waals surface area contributed by atoms with E-state index in [1.54, 1.807) is 0 Å². The third-order valence-corrected chi connectivity index (χ3v) is 5.91. The largest absolute Gasteiger partial charge is 0.346 e. The van der Waals surface area contributed by atoms with Gasteiger partial charge in [-0.3, -0.25) is 14.8 Å². The lowest BCUT2D eigenvalue weighted by atomic mass is 9.86. The maximum absolute atomic E-state index is 12.5. The Balaban J connectivity index is 1.86. The van der Waals surface area contributed by atoms with Gasteiger partial charge in [-0.25, -0.2) is 4.79 Å². The number of hydrogen-bond donors (Lipinski definition) is 3. The van der Waals surface area contributed by atoms with Crippen molar-refractivity contribution in [2.24, 2.45) is 0 Å². The third-order valence-electron chi connectivity index (χ3n) is 5.91. The first kappa shape index (κ1) is 23.4. The average Bonchev–Trinajstić information content (AvgIpc) is 2.70. The van der Waals surface area contributed by atoms with Gasteiger partial charge in [-0.15, -0.1) is 0 Å². The second-order valence-electron chi connectivity index (χ2n) is 9.65. The molecule has 0 aliphatic carbocycles. The van der Waals surface area contributed by atoms with Crippen molar-refractivity contribution >= 4 is 11.5 Å². The summed E-state index contributed by atoms with van der Waals surface area (Å²) >= 11 is 0. The summed E-state index contributed by atoms with van der Waals surface area (Å²) in [5, 5.41) is 3.16. The molecule has 0 amide bonds. The van der Waals surface area contributed by atoms with Gasteiger partial charge in [0.1, 0.15) is 11.5 Å². The van der Waals surface area contributed by atoms with Gasteiger partial charge in [0, 0.05) is 6.54 Å². The zero-order valence-electron chi connectivity index (χ0n) is 20.0. The van der Waals surface area contributed by atoms with Gasteiger partial charge in [0.2, 0.25) is 0 Å². The number of hydrogen-bond acceptors (Lipinski definition) is 4. The summed E-state index contributed by atoms with van der Waals surface area (Å²) in [4.78, 5) is 31.4. The fourth-order valence-electron chi connectivity index (χ4n) is 3.62. The van der Waals surface area contributed by atoms with Crippen LogP contribution in [0.2, 0.25) is 0 Å². The van der Waals surface area contributed by atoms with Crippen LogP contribution >= 0.6 is 0 Å². The SMILES string of the molecule is C=C1/C(=C\C(C)=C(C)C)Nc2c([nH]c(=O)[nH]c2=O)N1CCCc1ccc(C(C)(C)C)cc1. The number of aryl methyl sites for hydroxylation is 1. The molecule has 2 aromatic rings. The number of allylic oxidation sites excluding steroid dienone is 3. The Morgan fingerprint density at radius 1 is 1.06 bits per heavy atom. The Bertz CT molecular complexity index is 1180. The molecule has 170 valence electrons. The molecule has 3 rings (SSSR count).